The number of pyridine rings is 1. The maximum Gasteiger partial charge on any atom is 0.302 e. The third kappa shape index (κ3) is 3.02. The van der Waals surface area contributed by atoms with E-state index in [2.05, 4.69) is 25.1 Å². The van der Waals surface area contributed by atoms with Crippen LogP contribution in [-0.4, -0.2) is 13.7 Å². The van der Waals surface area contributed by atoms with Crippen molar-refractivity contribution in [3.63, 3.8) is 0 Å². The van der Waals surface area contributed by atoms with Gasteiger partial charge >= 0.3 is 11.4 Å². The predicted molar refractivity (Wildman–Crippen MR) is 56.6 cm³/mol. The Labute approximate surface area is 92.3 Å². The van der Waals surface area contributed by atoms with Gasteiger partial charge in [0.25, 0.3) is 0 Å². The zero-order chi connectivity index (χ0) is 10.7. The summed E-state index contributed by atoms with van der Waals surface area (Å²) in [6.45, 7) is 1.62. The highest BCUT2D eigenvalue weighted by Crippen LogP contribution is 2.24. The minimum atomic E-state index is -2.31. The molecule has 0 saturated heterocycles. The molecule has 0 saturated carbocycles. The summed E-state index contributed by atoms with van der Waals surface area (Å²) in [5.41, 5.74) is 6.14. The van der Waals surface area contributed by atoms with E-state index in [4.69, 9.17) is 10.3 Å². The SMILES string of the molecule is CC(OS(=O)O)c1cc(Br)cnc1N. The van der Waals surface area contributed by atoms with Crippen molar-refractivity contribution in [1.82, 2.24) is 4.98 Å². The Hall–Kier alpha value is -0.500. The van der Waals surface area contributed by atoms with Gasteiger partial charge in [0.1, 0.15) is 11.9 Å². The molecular weight excluding hydrogens is 272 g/mol. The van der Waals surface area contributed by atoms with E-state index in [1.165, 1.54) is 0 Å². The van der Waals surface area contributed by atoms with Crippen molar-refractivity contribution in [2.75, 3.05) is 5.73 Å². The van der Waals surface area contributed by atoms with E-state index in [0.717, 1.165) is 4.47 Å². The summed E-state index contributed by atoms with van der Waals surface area (Å²) in [6.07, 6.45) is 0.965. The molecule has 1 aromatic heterocycles. The molecule has 0 fully saturated rings. The van der Waals surface area contributed by atoms with E-state index in [0.29, 0.717) is 5.56 Å². The number of hydrogen-bond donors (Lipinski definition) is 2. The molecule has 0 aliphatic rings. The number of anilines is 1. The highest BCUT2D eigenvalue weighted by Gasteiger charge is 2.13. The van der Waals surface area contributed by atoms with Gasteiger partial charge in [-0.05, 0) is 28.9 Å². The van der Waals surface area contributed by atoms with Crippen molar-refractivity contribution >= 4 is 33.1 Å². The molecule has 1 rings (SSSR count). The van der Waals surface area contributed by atoms with Crippen molar-refractivity contribution in [1.29, 1.82) is 0 Å². The summed E-state index contributed by atoms with van der Waals surface area (Å²) in [5, 5.41) is 0. The van der Waals surface area contributed by atoms with Gasteiger partial charge in [-0.3, -0.25) is 8.74 Å². The lowest BCUT2D eigenvalue weighted by Crippen LogP contribution is -2.06. The number of rotatable bonds is 3. The van der Waals surface area contributed by atoms with Crippen LogP contribution >= 0.6 is 15.9 Å². The molecule has 2 atom stereocenters. The molecule has 0 radical (unpaired) electrons. The molecular formula is C7H9BrN2O3S. The van der Waals surface area contributed by atoms with Gasteiger partial charge < -0.3 is 5.73 Å². The van der Waals surface area contributed by atoms with Crippen LogP contribution in [0, 0.1) is 0 Å². The quantitative estimate of drug-likeness (QED) is 0.823. The fourth-order valence-electron chi connectivity index (χ4n) is 0.966. The molecule has 3 N–H and O–H groups in total. The van der Waals surface area contributed by atoms with Gasteiger partial charge in [0.2, 0.25) is 0 Å². The fourth-order valence-corrected chi connectivity index (χ4v) is 1.67. The number of halogens is 1. The van der Waals surface area contributed by atoms with Crippen LogP contribution in [0.3, 0.4) is 0 Å². The number of nitrogen functional groups attached to an aromatic ring is 1. The van der Waals surface area contributed by atoms with Gasteiger partial charge in [-0.1, -0.05) is 0 Å². The largest absolute Gasteiger partial charge is 0.383 e. The van der Waals surface area contributed by atoms with E-state index in [9.17, 15) is 4.21 Å². The summed E-state index contributed by atoms with van der Waals surface area (Å²) >= 11 is 0.909. The molecule has 0 amide bonds. The minimum absolute atomic E-state index is 0.283. The van der Waals surface area contributed by atoms with E-state index in [1.54, 1.807) is 19.2 Å². The molecule has 78 valence electrons. The van der Waals surface area contributed by atoms with Crippen molar-refractivity contribution in [3.8, 4) is 0 Å². The normalized spacial score (nSPS) is 15.1. The second-order valence-electron chi connectivity index (χ2n) is 2.58. The first-order chi connectivity index (χ1) is 6.50. The van der Waals surface area contributed by atoms with Crippen molar-refractivity contribution < 1.29 is 12.9 Å². The third-order valence-electron chi connectivity index (χ3n) is 1.58. The monoisotopic (exact) mass is 280 g/mol. The topological polar surface area (TPSA) is 85.4 Å². The average Bonchev–Trinajstić information content (AvgIpc) is 2.08. The van der Waals surface area contributed by atoms with Crippen LogP contribution in [0.1, 0.15) is 18.6 Å². The Morgan fingerprint density at radius 1 is 1.79 bits per heavy atom. The summed E-state index contributed by atoms with van der Waals surface area (Å²) < 4.78 is 24.3. The van der Waals surface area contributed by atoms with Crippen LogP contribution in [-0.2, 0) is 15.5 Å². The maximum absolute atomic E-state index is 10.4. The molecule has 7 heteroatoms. The highest BCUT2D eigenvalue weighted by molar-refractivity contribution is 9.10. The zero-order valence-electron chi connectivity index (χ0n) is 7.31. The second kappa shape index (κ2) is 4.83. The standard InChI is InChI=1S/C7H9BrN2O3S/c1-4(13-14(11)12)6-2-5(8)3-10-7(6)9/h2-4H,1H3,(H2,9,10)(H,11,12). The first-order valence-electron chi connectivity index (χ1n) is 3.69. The molecule has 0 aliphatic carbocycles. The van der Waals surface area contributed by atoms with Crippen molar-refractivity contribution in [2.24, 2.45) is 0 Å². The van der Waals surface area contributed by atoms with Crippen molar-refractivity contribution in [3.05, 3.63) is 22.3 Å². The Morgan fingerprint density at radius 2 is 2.43 bits per heavy atom. The molecule has 1 aromatic rings. The summed E-state index contributed by atoms with van der Waals surface area (Å²) in [4.78, 5) is 3.88. The van der Waals surface area contributed by atoms with Crippen LogP contribution < -0.4 is 5.73 Å². The highest BCUT2D eigenvalue weighted by atomic mass is 79.9. The lowest BCUT2D eigenvalue weighted by molar-refractivity contribution is 0.227. The van der Waals surface area contributed by atoms with E-state index in [1.807, 2.05) is 0 Å². The van der Waals surface area contributed by atoms with Gasteiger partial charge in [-0.25, -0.2) is 4.98 Å². The van der Waals surface area contributed by atoms with Gasteiger partial charge in [0.15, 0.2) is 0 Å². The van der Waals surface area contributed by atoms with E-state index in [-0.39, 0.29) is 5.82 Å². The van der Waals surface area contributed by atoms with Crippen LogP contribution in [0.2, 0.25) is 0 Å². The lowest BCUT2D eigenvalue weighted by atomic mass is 10.2. The number of hydrogen-bond acceptors (Lipinski definition) is 4. The van der Waals surface area contributed by atoms with Crippen LogP contribution in [0.4, 0.5) is 5.82 Å². The molecule has 0 aromatic carbocycles. The fraction of sp³-hybridized carbons (Fsp3) is 0.286. The minimum Gasteiger partial charge on any atom is -0.383 e. The summed E-state index contributed by atoms with van der Waals surface area (Å²) in [5.74, 6) is 0.283. The summed E-state index contributed by atoms with van der Waals surface area (Å²) in [6, 6.07) is 1.69. The Kier molecular flexibility index (Phi) is 3.99. The van der Waals surface area contributed by atoms with E-state index >= 15 is 0 Å². The molecule has 0 spiro atoms. The van der Waals surface area contributed by atoms with Gasteiger partial charge in [-0.2, -0.15) is 4.21 Å². The molecule has 0 aliphatic heterocycles. The van der Waals surface area contributed by atoms with E-state index < -0.39 is 17.5 Å². The third-order valence-corrected chi connectivity index (χ3v) is 2.47. The smallest absolute Gasteiger partial charge is 0.302 e. The molecule has 14 heavy (non-hydrogen) atoms. The van der Waals surface area contributed by atoms with Gasteiger partial charge in [0, 0.05) is 16.2 Å². The number of nitrogens with zero attached hydrogens (tertiary/aromatic N) is 1. The maximum atomic E-state index is 10.4. The Morgan fingerprint density at radius 3 is 3.00 bits per heavy atom. The van der Waals surface area contributed by atoms with Gasteiger partial charge in [0.05, 0.1) is 0 Å². The average molecular weight is 281 g/mol. The number of aromatic nitrogens is 1. The first kappa shape index (κ1) is 11.6. The predicted octanol–water partition coefficient (Wildman–Crippen LogP) is 1.64. The molecule has 1 heterocycles. The van der Waals surface area contributed by atoms with Crippen molar-refractivity contribution in [2.45, 2.75) is 13.0 Å². The molecule has 2 unspecified atom stereocenters. The van der Waals surface area contributed by atoms with Crippen LogP contribution in [0.25, 0.3) is 0 Å². The van der Waals surface area contributed by atoms with Crippen LogP contribution in [0.5, 0.6) is 0 Å². The lowest BCUT2D eigenvalue weighted by Gasteiger charge is -2.11. The van der Waals surface area contributed by atoms with Gasteiger partial charge in [-0.15, -0.1) is 0 Å². The zero-order valence-corrected chi connectivity index (χ0v) is 9.71. The molecule has 5 nitrogen and oxygen atoms in total. The Bertz CT molecular complexity index is 361. The Balaban J connectivity index is 2.93. The first-order valence-corrected chi connectivity index (χ1v) is 5.52. The number of nitrogens with two attached hydrogens (primary N) is 1. The molecule has 0 bridgehead atoms. The second-order valence-corrected chi connectivity index (χ2v) is 4.13. The summed E-state index contributed by atoms with van der Waals surface area (Å²) in [7, 11) is 0. The van der Waals surface area contributed by atoms with Crippen LogP contribution in [0.15, 0.2) is 16.7 Å².